The molecule has 1 aromatic carbocycles. The molecule has 0 radical (unpaired) electrons. The monoisotopic (exact) mass is 373 g/mol. The van der Waals surface area contributed by atoms with E-state index in [1.54, 1.807) is 33.9 Å². The van der Waals surface area contributed by atoms with Gasteiger partial charge in [0.2, 0.25) is 11.8 Å². The number of carbonyl (C=O) groups excluding carboxylic acids is 3. The molecule has 1 atom stereocenters. The Hall–Kier alpha value is -2.57. The number of hydrogen-bond donors (Lipinski definition) is 0. The van der Waals surface area contributed by atoms with Crippen LogP contribution in [0.15, 0.2) is 24.3 Å². The number of ether oxygens (including phenoxy) is 1. The Morgan fingerprint density at radius 2 is 1.70 bits per heavy atom. The lowest BCUT2D eigenvalue weighted by Gasteiger charge is -2.37. The number of carbonyl (C=O) groups is 3. The first-order chi connectivity index (χ1) is 13.1. The van der Waals surface area contributed by atoms with Gasteiger partial charge in [-0.25, -0.2) is 0 Å². The third-order valence-corrected chi connectivity index (χ3v) is 5.38. The van der Waals surface area contributed by atoms with Crippen molar-refractivity contribution in [1.29, 1.82) is 0 Å². The zero-order valence-electron chi connectivity index (χ0n) is 16.0. The molecule has 2 saturated heterocycles. The van der Waals surface area contributed by atoms with Gasteiger partial charge < -0.3 is 19.4 Å². The molecule has 2 aliphatic heterocycles. The van der Waals surface area contributed by atoms with E-state index in [0.29, 0.717) is 50.5 Å². The summed E-state index contributed by atoms with van der Waals surface area (Å²) < 4.78 is 5.28. The fourth-order valence-corrected chi connectivity index (χ4v) is 3.86. The average molecular weight is 373 g/mol. The molecule has 0 bridgehead atoms. The van der Waals surface area contributed by atoms with Gasteiger partial charge in [0.15, 0.2) is 0 Å². The van der Waals surface area contributed by atoms with E-state index >= 15 is 0 Å². The fourth-order valence-electron chi connectivity index (χ4n) is 3.86. The van der Waals surface area contributed by atoms with Crippen LogP contribution in [0.25, 0.3) is 0 Å². The summed E-state index contributed by atoms with van der Waals surface area (Å²) >= 11 is 0. The Morgan fingerprint density at radius 1 is 1.04 bits per heavy atom. The Kier molecular flexibility index (Phi) is 5.98. The smallest absolute Gasteiger partial charge is 0.257 e. The average Bonchev–Trinajstić information content (AvgIpc) is 3.22. The van der Waals surface area contributed by atoms with Gasteiger partial charge in [-0.3, -0.25) is 14.4 Å². The lowest BCUT2D eigenvalue weighted by molar-refractivity contribution is -0.144. The van der Waals surface area contributed by atoms with Crippen molar-refractivity contribution in [2.75, 3.05) is 39.8 Å². The Balaban J connectivity index is 1.61. The predicted molar refractivity (Wildman–Crippen MR) is 101 cm³/mol. The molecule has 7 heteroatoms. The minimum atomic E-state index is -0.339. The molecule has 2 fully saturated rings. The predicted octanol–water partition coefficient (Wildman–Crippen LogP) is 1.38. The Morgan fingerprint density at radius 3 is 2.37 bits per heavy atom. The summed E-state index contributed by atoms with van der Waals surface area (Å²) in [6.45, 7) is 4.43. The van der Waals surface area contributed by atoms with Gasteiger partial charge in [-0.2, -0.15) is 0 Å². The molecule has 0 aromatic heterocycles. The molecule has 27 heavy (non-hydrogen) atoms. The highest BCUT2D eigenvalue weighted by atomic mass is 16.5. The van der Waals surface area contributed by atoms with Gasteiger partial charge in [0.1, 0.15) is 11.8 Å². The van der Waals surface area contributed by atoms with Crippen LogP contribution < -0.4 is 4.74 Å². The van der Waals surface area contributed by atoms with Crippen LogP contribution in [0, 0.1) is 0 Å². The molecule has 1 aromatic rings. The Labute approximate surface area is 159 Å². The van der Waals surface area contributed by atoms with Crippen LogP contribution in [0.3, 0.4) is 0 Å². The highest BCUT2D eigenvalue weighted by Gasteiger charge is 2.37. The molecule has 7 nitrogen and oxygen atoms in total. The maximum Gasteiger partial charge on any atom is 0.257 e. The van der Waals surface area contributed by atoms with Crippen LogP contribution >= 0.6 is 0 Å². The van der Waals surface area contributed by atoms with Crippen LogP contribution in [0.1, 0.15) is 36.5 Å². The molecule has 0 aliphatic carbocycles. The number of piperazine rings is 1. The maximum absolute atomic E-state index is 12.9. The summed E-state index contributed by atoms with van der Waals surface area (Å²) in [7, 11) is 1.55. The normalized spacial score (nSPS) is 19.9. The minimum absolute atomic E-state index is 0.0127. The van der Waals surface area contributed by atoms with Gasteiger partial charge in [-0.05, 0) is 25.0 Å². The molecule has 0 N–H and O–H groups in total. The van der Waals surface area contributed by atoms with Crippen molar-refractivity contribution < 1.29 is 19.1 Å². The third kappa shape index (κ3) is 3.91. The number of benzene rings is 1. The number of rotatable bonds is 4. The van der Waals surface area contributed by atoms with Gasteiger partial charge in [0.05, 0.1) is 12.7 Å². The van der Waals surface area contributed by atoms with Gasteiger partial charge in [0.25, 0.3) is 5.91 Å². The molecule has 0 saturated carbocycles. The zero-order chi connectivity index (χ0) is 19.4. The second-order valence-corrected chi connectivity index (χ2v) is 6.92. The summed E-state index contributed by atoms with van der Waals surface area (Å²) in [5, 5.41) is 0. The number of likely N-dealkylation sites (tertiary alicyclic amines) is 1. The summed E-state index contributed by atoms with van der Waals surface area (Å²) in [6.07, 6.45) is 2.02. The second-order valence-electron chi connectivity index (χ2n) is 6.92. The topological polar surface area (TPSA) is 70.2 Å². The van der Waals surface area contributed by atoms with Crippen molar-refractivity contribution in [3.63, 3.8) is 0 Å². The van der Waals surface area contributed by atoms with Gasteiger partial charge in [-0.1, -0.05) is 19.1 Å². The highest BCUT2D eigenvalue weighted by Crippen LogP contribution is 2.23. The van der Waals surface area contributed by atoms with E-state index < -0.39 is 0 Å². The summed E-state index contributed by atoms with van der Waals surface area (Å²) in [5.41, 5.74) is 0.537. The van der Waals surface area contributed by atoms with Crippen molar-refractivity contribution in [2.45, 2.75) is 32.2 Å². The summed E-state index contributed by atoms with van der Waals surface area (Å²) in [6, 6.07) is 6.83. The molecule has 3 rings (SSSR count). The van der Waals surface area contributed by atoms with Crippen molar-refractivity contribution >= 4 is 17.7 Å². The number of hydrogen-bond acceptors (Lipinski definition) is 4. The molecule has 146 valence electrons. The van der Waals surface area contributed by atoms with Crippen LogP contribution in [-0.2, 0) is 9.59 Å². The quantitative estimate of drug-likeness (QED) is 0.800. The van der Waals surface area contributed by atoms with Gasteiger partial charge >= 0.3 is 0 Å². The summed E-state index contributed by atoms with van der Waals surface area (Å²) in [4.78, 5) is 43.0. The highest BCUT2D eigenvalue weighted by molar-refractivity contribution is 5.97. The van der Waals surface area contributed by atoms with E-state index in [2.05, 4.69) is 0 Å². The summed E-state index contributed by atoms with van der Waals surface area (Å²) in [5.74, 6) is 0.526. The SMILES string of the molecule is CCC(=O)N1CCCC1C(=O)N1CCN(C(=O)c2ccccc2OC)CC1. The number of amides is 3. The number of methoxy groups -OCH3 is 1. The Bertz CT molecular complexity index is 713. The van der Waals surface area contributed by atoms with E-state index in [-0.39, 0.29) is 23.8 Å². The number of para-hydroxylation sites is 1. The van der Waals surface area contributed by atoms with Gasteiger partial charge in [0, 0.05) is 39.1 Å². The first kappa shape index (κ1) is 19.2. The van der Waals surface area contributed by atoms with Crippen LogP contribution in [0.4, 0.5) is 0 Å². The largest absolute Gasteiger partial charge is 0.496 e. The van der Waals surface area contributed by atoms with E-state index in [9.17, 15) is 14.4 Å². The molecular formula is C20H27N3O4. The molecule has 3 amide bonds. The lowest BCUT2D eigenvalue weighted by atomic mass is 10.1. The second kappa shape index (κ2) is 8.41. The van der Waals surface area contributed by atoms with Crippen molar-refractivity contribution in [2.24, 2.45) is 0 Å². The van der Waals surface area contributed by atoms with Crippen LogP contribution in [0.2, 0.25) is 0 Å². The molecule has 2 heterocycles. The van der Waals surface area contributed by atoms with Crippen molar-refractivity contribution in [3.8, 4) is 5.75 Å². The minimum Gasteiger partial charge on any atom is -0.496 e. The molecule has 2 aliphatic rings. The van der Waals surface area contributed by atoms with E-state index in [4.69, 9.17) is 4.74 Å². The molecule has 0 spiro atoms. The zero-order valence-corrected chi connectivity index (χ0v) is 16.0. The molecular weight excluding hydrogens is 346 g/mol. The van der Waals surface area contributed by atoms with Crippen LogP contribution in [-0.4, -0.2) is 78.3 Å². The number of nitrogens with zero attached hydrogens (tertiary/aromatic N) is 3. The first-order valence-corrected chi connectivity index (χ1v) is 9.57. The van der Waals surface area contributed by atoms with E-state index in [1.165, 1.54) is 0 Å². The maximum atomic E-state index is 12.9. The fraction of sp³-hybridized carbons (Fsp3) is 0.550. The van der Waals surface area contributed by atoms with Crippen molar-refractivity contribution in [3.05, 3.63) is 29.8 Å². The molecule has 1 unspecified atom stereocenters. The first-order valence-electron chi connectivity index (χ1n) is 9.57. The standard InChI is InChI=1S/C20H27N3O4/c1-3-18(24)23-10-6-8-16(23)20(26)22-13-11-21(12-14-22)19(25)15-7-4-5-9-17(15)27-2/h4-5,7,9,16H,3,6,8,10-14H2,1-2H3. The van der Waals surface area contributed by atoms with Crippen LogP contribution in [0.5, 0.6) is 5.75 Å². The third-order valence-electron chi connectivity index (χ3n) is 5.38. The lowest BCUT2D eigenvalue weighted by Crippen LogP contribution is -2.55. The van der Waals surface area contributed by atoms with Gasteiger partial charge in [-0.15, -0.1) is 0 Å². The van der Waals surface area contributed by atoms with Crippen molar-refractivity contribution in [1.82, 2.24) is 14.7 Å². The van der Waals surface area contributed by atoms with E-state index in [0.717, 1.165) is 12.8 Å². The van der Waals surface area contributed by atoms with E-state index in [1.807, 2.05) is 19.1 Å².